The molecule has 0 saturated carbocycles. The van der Waals surface area contributed by atoms with Gasteiger partial charge in [0, 0.05) is 12.2 Å². The summed E-state index contributed by atoms with van der Waals surface area (Å²) >= 11 is 7.55. The molecule has 0 aliphatic heterocycles. The number of aromatic nitrogens is 3. The lowest BCUT2D eigenvalue weighted by Crippen LogP contribution is -2.23. The molecule has 1 heterocycles. The van der Waals surface area contributed by atoms with Crippen LogP contribution in [0.25, 0.3) is 0 Å². The molecular formula is C23H25ClN4O2S. The van der Waals surface area contributed by atoms with Crippen molar-refractivity contribution in [3.63, 3.8) is 0 Å². The first-order chi connectivity index (χ1) is 14.9. The summed E-state index contributed by atoms with van der Waals surface area (Å²) in [7, 11) is 0. The van der Waals surface area contributed by atoms with Crippen LogP contribution in [-0.4, -0.2) is 25.9 Å². The summed E-state index contributed by atoms with van der Waals surface area (Å²) in [5.41, 5.74) is 1.86. The van der Waals surface area contributed by atoms with Crippen LogP contribution in [0.1, 0.15) is 31.3 Å². The Bertz CT molecular complexity index is 1070. The number of hydrogen-bond donors (Lipinski definition) is 1. The molecule has 2 aromatic carbocycles. The zero-order chi connectivity index (χ0) is 22.4. The number of nitrogens with zero attached hydrogens (tertiary/aromatic N) is 3. The number of allylic oxidation sites excluding steroid dienone is 1. The molecule has 0 radical (unpaired) electrons. The second kappa shape index (κ2) is 10.5. The van der Waals surface area contributed by atoms with Crippen molar-refractivity contribution in [1.29, 1.82) is 0 Å². The molecule has 2 unspecified atom stereocenters. The highest BCUT2D eigenvalue weighted by Gasteiger charge is 2.23. The number of ether oxygens (including phenoxy) is 1. The van der Waals surface area contributed by atoms with Crippen molar-refractivity contribution < 1.29 is 9.53 Å². The average molecular weight is 457 g/mol. The van der Waals surface area contributed by atoms with Gasteiger partial charge in [-0.25, -0.2) is 0 Å². The normalized spacial score (nSPS) is 12.8. The number of para-hydroxylation sites is 1. The molecule has 0 saturated heterocycles. The third kappa shape index (κ3) is 5.89. The maximum Gasteiger partial charge on any atom is 0.237 e. The highest BCUT2D eigenvalue weighted by Crippen LogP contribution is 2.30. The molecule has 1 amide bonds. The standard InChI is InChI=1S/C23H25ClN4O2S/c1-5-13-28-21(16(3)30-20-12-7-6-11-19(20)24)26-27-23(28)31-17(4)22(29)25-18-10-8-9-15(2)14-18/h5-12,14,16-17H,1,13H2,2-4H3,(H,25,29). The van der Waals surface area contributed by atoms with E-state index in [0.29, 0.717) is 28.3 Å². The fourth-order valence-corrected chi connectivity index (χ4v) is 4.00. The van der Waals surface area contributed by atoms with Crippen LogP contribution in [0.5, 0.6) is 5.75 Å². The molecule has 0 bridgehead atoms. The van der Waals surface area contributed by atoms with Crippen molar-refractivity contribution in [3.05, 3.63) is 77.6 Å². The Kier molecular flexibility index (Phi) is 7.76. The zero-order valence-electron chi connectivity index (χ0n) is 17.7. The third-order valence-electron chi connectivity index (χ3n) is 4.50. The van der Waals surface area contributed by atoms with Crippen LogP contribution >= 0.6 is 23.4 Å². The summed E-state index contributed by atoms with van der Waals surface area (Å²) in [6.07, 6.45) is 1.37. The Labute approximate surface area is 191 Å². The van der Waals surface area contributed by atoms with Gasteiger partial charge >= 0.3 is 0 Å². The number of rotatable bonds is 9. The van der Waals surface area contributed by atoms with Crippen molar-refractivity contribution in [1.82, 2.24) is 14.8 Å². The predicted octanol–water partition coefficient (Wildman–Crippen LogP) is 5.69. The molecule has 0 spiro atoms. The number of nitrogens with one attached hydrogen (secondary N) is 1. The van der Waals surface area contributed by atoms with Crippen LogP contribution in [0.15, 0.2) is 66.3 Å². The third-order valence-corrected chi connectivity index (χ3v) is 5.89. The summed E-state index contributed by atoms with van der Waals surface area (Å²) < 4.78 is 7.89. The number of aryl methyl sites for hydroxylation is 1. The van der Waals surface area contributed by atoms with E-state index in [4.69, 9.17) is 16.3 Å². The molecule has 0 aliphatic carbocycles. The number of amides is 1. The summed E-state index contributed by atoms with van der Waals surface area (Å²) in [6, 6.07) is 15.0. The summed E-state index contributed by atoms with van der Waals surface area (Å²) in [4.78, 5) is 12.7. The quantitative estimate of drug-likeness (QED) is 0.331. The van der Waals surface area contributed by atoms with Crippen LogP contribution in [0.3, 0.4) is 0 Å². The molecule has 0 aliphatic rings. The SMILES string of the molecule is C=CCn1c(SC(C)C(=O)Nc2cccc(C)c2)nnc1C(C)Oc1ccccc1Cl. The average Bonchev–Trinajstić information content (AvgIpc) is 3.12. The highest BCUT2D eigenvalue weighted by molar-refractivity contribution is 8.00. The van der Waals surface area contributed by atoms with Gasteiger partial charge in [0.25, 0.3) is 0 Å². The fraction of sp³-hybridized carbons (Fsp3) is 0.261. The van der Waals surface area contributed by atoms with E-state index in [-0.39, 0.29) is 11.2 Å². The molecule has 3 rings (SSSR count). The molecular weight excluding hydrogens is 432 g/mol. The molecule has 3 aromatic rings. The van der Waals surface area contributed by atoms with Crippen LogP contribution in [0.4, 0.5) is 5.69 Å². The first kappa shape index (κ1) is 22.9. The smallest absolute Gasteiger partial charge is 0.237 e. The first-order valence-electron chi connectivity index (χ1n) is 9.88. The predicted molar refractivity (Wildman–Crippen MR) is 126 cm³/mol. The molecule has 162 valence electrons. The van der Waals surface area contributed by atoms with Gasteiger partial charge in [-0.05, 0) is 50.6 Å². The molecule has 8 heteroatoms. The molecule has 2 atom stereocenters. The number of carbonyl (C=O) groups excluding carboxylic acids is 1. The monoisotopic (exact) mass is 456 g/mol. The second-order valence-electron chi connectivity index (χ2n) is 7.05. The minimum absolute atomic E-state index is 0.106. The number of anilines is 1. The number of hydrogen-bond acceptors (Lipinski definition) is 5. The van der Waals surface area contributed by atoms with Gasteiger partial charge in [-0.1, -0.05) is 53.7 Å². The van der Waals surface area contributed by atoms with E-state index in [1.165, 1.54) is 11.8 Å². The van der Waals surface area contributed by atoms with Crippen molar-refractivity contribution in [2.24, 2.45) is 0 Å². The Balaban J connectivity index is 1.74. The molecule has 31 heavy (non-hydrogen) atoms. The van der Waals surface area contributed by atoms with Crippen LogP contribution in [0.2, 0.25) is 5.02 Å². The minimum atomic E-state index is -0.391. The van der Waals surface area contributed by atoms with Crippen molar-refractivity contribution in [2.75, 3.05) is 5.32 Å². The maximum absolute atomic E-state index is 12.7. The fourth-order valence-electron chi connectivity index (χ4n) is 2.95. The van der Waals surface area contributed by atoms with E-state index in [0.717, 1.165) is 11.3 Å². The summed E-state index contributed by atoms with van der Waals surface area (Å²) in [6.45, 7) is 10.0. The Morgan fingerprint density at radius 1 is 1.26 bits per heavy atom. The summed E-state index contributed by atoms with van der Waals surface area (Å²) in [5.74, 6) is 1.10. The Hall–Kier alpha value is -2.77. The van der Waals surface area contributed by atoms with Gasteiger partial charge in [-0.15, -0.1) is 16.8 Å². The van der Waals surface area contributed by atoms with Crippen LogP contribution in [0, 0.1) is 6.92 Å². The largest absolute Gasteiger partial charge is 0.481 e. The first-order valence-corrected chi connectivity index (χ1v) is 11.1. The number of benzene rings is 2. The zero-order valence-corrected chi connectivity index (χ0v) is 19.3. The van der Waals surface area contributed by atoms with Crippen molar-refractivity contribution in [2.45, 2.75) is 43.8 Å². The highest BCUT2D eigenvalue weighted by atomic mass is 35.5. The van der Waals surface area contributed by atoms with Gasteiger partial charge in [-0.3, -0.25) is 9.36 Å². The Morgan fingerprint density at radius 2 is 2.03 bits per heavy atom. The lowest BCUT2D eigenvalue weighted by molar-refractivity contribution is -0.115. The maximum atomic E-state index is 12.7. The number of thioether (sulfide) groups is 1. The molecule has 6 nitrogen and oxygen atoms in total. The van der Waals surface area contributed by atoms with Crippen molar-refractivity contribution in [3.8, 4) is 5.75 Å². The van der Waals surface area contributed by atoms with E-state index in [1.807, 2.05) is 61.7 Å². The topological polar surface area (TPSA) is 69.0 Å². The van der Waals surface area contributed by atoms with Gasteiger partial charge < -0.3 is 10.1 Å². The number of halogens is 1. The van der Waals surface area contributed by atoms with Gasteiger partial charge in [-0.2, -0.15) is 0 Å². The van der Waals surface area contributed by atoms with Gasteiger partial charge in [0.15, 0.2) is 17.1 Å². The van der Waals surface area contributed by atoms with Crippen LogP contribution < -0.4 is 10.1 Å². The number of carbonyl (C=O) groups is 1. The molecule has 1 N–H and O–H groups in total. The molecule has 1 aromatic heterocycles. The molecule has 0 fully saturated rings. The second-order valence-corrected chi connectivity index (χ2v) is 8.76. The van der Waals surface area contributed by atoms with E-state index in [2.05, 4.69) is 22.1 Å². The van der Waals surface area contributed by atoms with Gasteiger partial charge in [0.05, 0.1) is 10.3 Å². The lowest BCUT2D eigenvalue weighted by Gasteiger charge is -2.17. The van der Waals surface area contributed by atoms with E-state index in [1.54, 1.807) is 18.2 Å². The van der Waals surface area contributed by atoms with Crippen LogP contribution in [-0.2, 0) is 11.3 Å². The minimum Gasteiger partial charge on any atom is -0.481 e. The Morgan fingerprint density at radius 3 is 2.74 bits per heavy atom. The van der Waals surface area contributed by atoms with Gasteiger partial charge in [0.2, 0.25) is 5.91 Å². The van der Waals surface area contributed by atoms with Crippen molar-refractivity contribution >= 4 is 35.0 Å². The van der Waals surface area contributed by atoms with Gasteiger partial charge in [0.1, 0.15) is 5.75 Å². The van der Waals surface area contributed by atoms with E-state index >= 15 is 0 Å². The van der Waals surface area contributed by atoms with E-state index < -0.39 is 6.10 Å². The lowest BCUT2D eigenvalue weighted by atomic mass is 10.2. The van der Waals surface area contributed by atoms with E-state index in [9.17, 15) is 4.79 Å². The summed E-state index contributed by atoms with van der Waals surface area (Å²) in [5, 5.41) is 12.3.